The number of hydrazone groups is 1. The van der Waals surface area contributed by atoms with Crippen LogP contribution in [0.1, 0.15) is 39.9 Å². The molecule has 0 aliphatic carbocycles. The van der Waals surface area contributed by atoms with Gasteiger partial charge in [0.1, 0.15) is 11.8 Å². The van der Waals surface area contributed by atoms with Crippen molar-refractivity contribution in [2.45, 2.75) is 31.6 Å². The van der Waals surface area contributed by atoms with Crippen LogP contribution in [0.5, 0.6) is 5.75 Å². The van der Waals surface area contributed by atoms with Gasteiger partial charge in [0.25, 0.3) is 11.8 Å². The minimum absolute atomic E-state index is 0.0750. The summed E-state index contributed by atoms with van der Waals surface area (Å²) in [5.74, 6) is -1.39. The van der Waals surface area contributed by atoms with Crippen molar-refractivity contribution in [3.8, 4) is 16.9 Å². The van der Waals surface area contributed by atoms with Crippen LogP contribution in [0.3, 0.4) is 0 Å². The van der Waals surface area contributed by atoms with E-state index >= 15 is 0 Å². The maximum atomic E-state index is 13.1. The van der Waals surface area contributed by atoms with Crippen LogP contribution in [-0.2, 0) is 27.1 Å². The first-order valence-electron chi connectivity index (χ1n) is 12.8. The Morgan fingerprint density at radius 3 is 2.49 bits per heavy atom. The highest BCUT2D eigenvalue weighted by molar-refractivity contribution is 6.39. The first-order valence-corrected chi connectivity index (χ1v) is 13.6. The molecule has 1 unspecified atom stereocenters. The summed E-state index contributed by atoms with van der Waals surface area (Å²) in [6.07, 6.45) is -3.31. The number of fused-ring (bicyclic) bond motifs is 1. The number of amides is 4. The molecule has 43 heavy (non-hydrogen) atoms. The normalized spacial score (nSPS) is 16.8. The summed E-state index contributed by atoms with van der Waals surface area (Å²) >= 11 is 11.7. The number of imide groups is 1. The smallest absolute Gasteiger partial charge is 0.417 e. The quantitative estimate of drug-likeness (QED) is 0.217. The molecule has 0 radical (unpaired) electrons. The third-order valence-corrected chi connectivity index (χ3v) is 7.63. The number of nitrogens with one attached hydrogen (secondary N) is 2. The molecule has 1 saturated heterocycles. The average molecular weight is 633 g/mol. The van der Waals surface area contributed by atoms with Crippen LogP contribution >= 0.6 is 23.2 Å². The molecule has 4 amide bonds. The largest absolute Gasteiger partial charge is 0.484 e. The van der Waals surface area contributed by atoms with Gasteiger partial charge in [0.05, 0.1) is 21.8 Å². The van der Waals surface area contributed by atoms with Gasteiger partial charge in [-0.2, -0.15) is 18.3 Å². The lowest BCUT2D eigenvalue weighted by Crippen LogP contribution is -2.52. The molecular weight excluding hydrogens is 612 g/mol. The lowest BCUT2D eigenvalue weighted by atomic mass is 10.0. The topological polar surface area (TPSA) is 117 Å². The van der Waals surface area contributed by atoms with Gasteiger partial charge in [-0.05, 0) is 59.5 Å². The number of ether oxygens (including phenoxy) is 1. The van der Waals surface area contributed by atoms with Crippen LogP contribution < -0.4 is 15.5 Å². The fraction of sp³-hybridized carbons (Fsp3) is 0.207. The van der Waals surface area contributed by atoms with Crippen LogP contribution in [-0.4, -0.2) is 47.4 Å². The zero-order valence-electron chi connectivity index (χ0n) is 22.0. The van der Waals surface area contributed by atoms with Gasteiger partial charge in [0, 0.05) is 24.1 Å². The maximum absolute atomic E-state index is 13.1. The first-order chi connectivity index (χ1) is 20.4. The Kier molecular flexibility index (Phi) is 8.43. The lowest BCUT2D eigenvalue weighted by molar-refractivity contribution is -0.138. The lowest BCUT2D eigenvalue weighted by Gasteiger charge is -2.29. The minimum Gasteiger partial charge on any atom is -0.484 e. The molecule has 2 heterocycles. The summed E-state index contributed by atoms with van der Waals surface area (Å²) in [6.45, 7) is -0.183. The number of carbonyl (C=O) groups excluding carboxylic acids is 4. The number of benzene rings is 3. The van der Waals surface area contributed by atoms with E-state index in [4.69, 9.17) is 27.9 Å². The standard InChI is InChI=1S/C29H21Cl2F3N4O5/c30-22-8-7-21(29(32,33)34)26(31)20(22)12-35-37-25(40)14-43-18-4-1-15(2-5-18)16-3-6-19-17(11-16)13-38(28(19)42)23-9-10-24(39)36-27(23)41/h1-8,11-12,23H,9-10,13-14H2,(H,37,40)(H,36,39,41)/b35-12+. The minimum atomic E-state index is -4.69. The summed E-state index contributed by atoms with van der Waals surface area (Å²) < 4.78 is 44.7. The molecule has 14 heteroatoms. The molecule has 2 N–H and O–H groups in total. The van der Waals surface area contributed by atoms with E-state index in [0.29, 0.717) is 11.3 Å². The summed E-state index contributed by atoms with van der Waals surface area (Å²) in [7, 11) is 0. The summed E-state index contributed by atoms with van der Waals surface area (Å²) in [4.78, 5) is 50.3. The SMILES string of the molecule is O=C(COc1ccc(-c2ccc3c(c2)CN(C2CCC(=O)NC2=O)C3=O)cc1)N/N=C/c1c(Cl)ccc(C(F)(F)F)c1Cl. The highest BCUT2D eigenvalue weighted by Crippen LogP contribution is 2.38. The van der Waals surface area contributed by atoms with Crippen LogP contribution in [0.4, 0.5) is 13.2 Å². The fourth-order valence-corrected chi connectivity index (χ4v) is 5.33. The van der Waals surface area contributed by atoms with E-state index < -0.39 is 41.2 Å². The fourth-order valence-electron chi connectivity index (χ4n) is 4.75. The predicted molar refractivity (Wildman–Crippen MR) is 151 cm³/mol. The molecular formula is C29H21Cl2F3N4O5. The van der Waals surface area contributed by atoms with Gasteiger partial charge in [-0.1, -0.05) is 41.4 Å². The van der Waals surface area contributed by atoms with Crippen molar-refractivity contribution in [1.29, 1.82) is 0 Å². The molecule has 5 rings (SSSR count). The van der Waals surface area contributed by atoms with Crippen LogP contribution in [0.15, 0.2) is 59.7 Å². The molecule has 3 aromatic rings. The number of piperidine rings is 1. The van der Waals surface area contributed by atoms with Crippen molar-refractivity contribution >= 4 is 53.0 Å². The van der Waals surface area contributed by atoms with Gasteiger partial charge in [-0.3, -0.25) is 24.5 Å². The number of halogens is 5. The molecule has 3 aromatic carbocycles. The number of nitrogens with zero attached hydrogens (tertiary/aromatic N) is 2. The molecule has 1 fully saturated rings. The zero-order chi connectivity index (χ0) is 30.9. The van der Waals surface area contributed by atoms with E-state index in [1.165, 1.54) is 4.90 Å². The molecule has 0 saturated carbocycles. The first kappa shape index (κ1) is 30.1. The van der Waals surface area contributed by atoms with E-state index in [2.05, 4.69) is 15.8 Å². The Morgan fingerprint density at radius 1 is 1.07 bits per heavy atom. The van der Waals surface area contributed by atoms with Gasteiger partial charge in [0.15, 0.2) is 6.61 Å². The third kappa shape index (κ3) is 6.50. The van der Waals surface area contributed by atoms with Crippen LogP contribution in [0.2, 0.25) is 10.0 Å². The number of hydrogen-bond donors (Lipinski definition) is 2. The number of rotatable bonds is 7. The van der Waals surface area contributed by atoms with Crippen molar-refractivity contribution in [3.63, 3.8) is 0 Å². The molecule has 9 nitrogen and oxygen atoms in total. The summed E-state index contributed by atoms with van der Waals surface area (Å²) in [5, 5.41) is 5.19. The number of carbonyl (C=O) groups is 4. The van der Waals surface area contributed by atoms with Gasteiger partial charge < -0.3 is 9.64 Å². The molecule has 0 bridgehead atoms. The Balaban J connectivity index is 1.17. The average Bonchev–Trinajstić information content (AvgIpc) is 3.28. The second-order valence-corrected chi connectivity index (χ2v) is 10.5. The number of hydrogen-bond acceptors (Lipinski definition) is 6. The second-order valence-electron chi connectivity index (χ2n) is 9.70. The van der Waals surface area contributed by atoms with Crippen molar-refractivity contribution in [2.24, 2.45) is 5.10 Å². The van der Waals surface area contributed by atoms with Crippen molar-refractivity contribution in [2.75, 3.05) is 6.61 Å². The van der Waals surface area contributed by atoms with Gasteiger partial charge in [-0.25, -0.2) is 5.43 Å². The van der Waals surface area contributed by atoms with E-state index in [1.807, 2.05) is 6.07 Å². The summed E-state index contributed by atoms with van der Waals surface area (Å²) in [5.41, 5.74) is 3.76. The van der Waals surface area contributed by atoms with E-state index in [1.54, 1.807) is 36.4 Å². The van der Waals surface area contributed by atoms with E-state index in [0.717, 1.165) is 35.0 Å². The van der Waals surface area contributed by atoms with Crippen LogP contribution in [0, 0.1) is 0 Å². The van der Waals surface area contributed by atoms with Gasteiger partial charge in [0.2, 0.25) is 11.8 Å². The van der Waals surface area contributed by atoms with Crippen molar-refractivity contribution in [1.82, 2.24) is 15.6 Å². The number of alkyl halides is 3. The molecule has 2 aliphatic heterocycles. The van der Waals surface area contributed by atoms with Crippen molar-refractivity contribution < 1.29 is 37.1 Å². The molecule has 2 aliphatic rings. The molecule has 1 atom stereocenters. The van der Waals surface area contributed by atoms with E-state index in [-0.39, 0.29) is 41.8 Å². The second kappa shape index (κ2) is 12.1. The predicted octanol–water partition coefficient (Wildman–Crippen LogP) is 4.97. The summed E-state index contributed by atoms with van der Waals surface area (Å²) in [6, 6.07) is 13.2. The Morgan fingerprint density at radius 2 is 1.79 bits per heavy atom. The maximum Gasteiger partial charge on any atom is 0.417 e. The van der Waals surface area contributed by atoms with Crippen molar-refractivity contribution in [3.05, 3.63) is 86.9 Å². The molecule has 222 valence electrons. The Bertz CT molecular complexity index is 1660. The monoisotopic (exact) mass is 632 g/mol. The third-order valence-electron chi connectivity index (χ3n) is 6.90. The van der Waals surface area contributed by atoms with Crippen LogP contribution in [0.25, 0.3) is 11.1 Å². The Labute approximate surface area is 252 Å². The zero-order valence-corrected chi connectivity index (χ0v) is 23.5. The molecule has 0 spiro atoms. The highest BCUT2D eigenvalue weighted by atomic mass is 35.5. The van der Waals surface area contributed by atoms with Gasteiger partial charge >= 0.3 is 6.18 Å². The Hall–Kier alpha value is -4.42. The highest BCUT2D eigenvalue weighted by Gasteiger charge is 2.39. The molecule has 0 aromatic heterocycles. The van der Waals surface area contributed by atoms with E-state index in [9.17, 15) is 32.3 Å². The van der Waals surface area contributed by atoms with Gasteiger partial charge in [-0.15, -0.1) is 0 Å².